The van der Waals surface area contributed by atoms with Crippen molar-refractivity contribution >= 4 is 23.3 Å². The lowest BCUT2D eigenvalue weighted by Crippen LogP contribution is -2.09. The number of carboxylic acid groups (broad SMARTS) is 1. The number of amides is 1. The predicted octanol–water partition coefficient (Wildman–Crippen LogP) is 0.631. The molecule has 0 saturated heterocycles. The molecule has 1 aromatic carbocycles. The van der Waals surface area contributed by atoms with Crippen LogP contribution in [0.5, 0.6) is 5.75 Å². The Kier molecular flexibility index (Phi) is 2.80. The van der Waals surface area contributed by atoms with Crippen LogP contribution in [0.2, 0.25) is 0 Å². The molecule has 0 saturated carbocycles. The topological polar surface area (TPSA) is 113 Å². The quantitative estimate of drug-likeness (QED) is 0.422. The number of phenols is 1. The molecule has 0 aromatic heterocycles. The van der Waals surface area contributed by atoms with Crippen molar-refractivity contribution in [3.05, 3.63) is 17.7 Å². The van der Waals surface area contributed by atoms with Crippen LogP contribution >= 0.6 is 0 Å². The van der Waals surface area contributed by atoms with Crippen LogP contribution in [-0.2, 0) is 4.79 Å². The van der Waals surface area contributed by atoms with Gasteiger partial charge in [0, 0.05) is 13.0 Å². The van der Waals surface area contributed by atoms with E-state index in [2.05, 4.69) is 5.32 Å². The lowest BCUT2D eigenvalue weighted by molar-refractivity contribution is -0.114. The summed E-state index contributed by atoms with van der Waals surface area (Å²) in [5.41, 5.74) is 5.45. The van der Waals surface area contributed by atoms with Gasteiger partial charge in [-0.3, -0.25) is 4.79 Å². The highest BCUT2D eigenvalue weighted by molar-refractivity contribution is 5.97. The summed E-state index contributed by atoms with van der Waals surface area (Å²) in [5.74, 6) is -2.08. The van der Waals surface area contributed by atoms with Gasteiger partial charge in [-0.25, -0.2) is 4.79 Å². The maximum absolute atomic E-state index is 10.7. The number of aromatic carboxylic acids is 1. The minimum absolute atomic E-state index is 0.0837. The molecule has 0 radical (unpaired) electrons. The molecule has 0 heterocycles. The molecule has 80 valence electrons. The van der Waals surface area contributed by atoms with Crippen LogP contribution in [-0.4, -0.2) is 22.1 Å². The maximum Gasteiger partial charge on any atom is 0.339 e. The van der Waals surface area contributed by atoms with E-state index in [1.807, 2.05) is 0 Å². The molecule has 5 N–H and O–H groups in total. The predicted molar refractivity (Wildman–Crippen MR) is 53.8 cm³/mol. The number of carbonyl (C=O) groups is 2. The second-order valence-corrected chi connectivity index (χ2v) is 2.94. The summed E-state index contributed by atoms with van der Waals surface area (Å²) in [6.45, 7) is 1.28. The van der Waals surface area contributed by atoms with Gasteiger partial charge in [-0.15, -0.1) is 0 Å². The van der Waals surface area contributed by atoms with Gasteiger partial charge in [0.15, 0.2) is 0 Å². The Morgan fingerprint density at radius 2 is 2.00 bits per heavy atom. The second kappa shape index (κ2) is 3.87. The first-order valence-electron chi connectivity index (χ1n) is 4.05. The van der Waals surface area contributed by atoms with E-state index in [0.29, 0.717) is 0 Å². The number of rotatable bonds is 2. The average Bonchev–Trinajstić information content (AvgIpc) is 2.09. The Morgan fingerprint density at radius 1 is 1.40 bits per heavy atom. The molecule has 0 aliphatic heterocycles. The summed E-state index contributed by atoms with van der Waals surface area (Å²) in [4.78, 5) is 21.3. The van der Waals surface area contributed by atoms with Crippen LogP contribution in [0.1, 0.15) is 17.3 Å². The Balaban J connectivity index is 3.19. The summed E-state index contributed by atoms with van der Waals surface area (Å²) in [7, 11) is 0. The standard InChI is InChI=1S/C9H10N2O4/c1-4(12)11-7-3-8(13)5(9(14)15)2-6(7)10/h2-3,13H,10H2,1H3,(H,11,12)(H,14,15). The molecule has 6 nitrogen and oxygen atoms in total. The molecule has 1 amide bonds. The van der Waals surface area contributed by atoms with Gasteiger partial charge in [0.25, 0.3) is 0 Å². The van der Waals surface area contributed by atoms with E-state index in [0.717, 1.165) is 12.1 Å². The van der Waals surface area contributed by atoms with E-state index in [1.165, 1.54) is 6.92 Å². The number of carbonyl (C=O) groups excluding carboxylic acids is 1. The van der Waals surface area contributed by atoms with Crippen LogP contribution in [0.3, 0.4) is 0 Å². The van der Waals surface area contributed by atoms with Crippen LogP contribution in [0.4, 0.5) is 11.4 Å². The third-order valence-electron chi connectivity index (χ3n) is 1.71. The fourth-order valence-corrected chi connectivity index (χ4v) is 1.07. The summed E-state index contributed by atoms with van der Waals surface area (Å²) >= 11 is 0. The number of nitrogens with two attached hydrogens (primary N) is 1. The Hall–Kier alpha value is -2.24. The van der Waals surface area contributed by atoms with E-state index >= 15 is 0 Å². The zero-order chi connectivity index (χ0) is 11.6. The minimum atomic E-state index is -1.28. The van der Waals surface area contributed by atoms with Crippen molar-refractivity contribution in [3.63, 3.8) is 0 Å². The lowest BCUT2D eigenvalue weighted by atomic mass is 10.1. The van der Waals surface area contributed by atoms with Crippen molar-refractivity contribution in [3.8, 4) is 5.75 Å². The summed E-state index contributed by atoms with van der Waals surface area (Å²) in [5, 5.41) is 20.3. The number of nitrogens with one attached hydrogen (secondary N) is 1. The molecule has 0 aliphatic rings. The molecule has 0 atom stereocenters. The highest BCUT2D eigenvalue weighted by atomic mass is 16.4. The minimum Gasteiger partial charge on any atom is -0.507 e. The van der Waals surface area contributed by atoms with E-state index in [9.17, 15) is 14.7 Å². The van der Waals surface area contributed by atoms with Crippen molar-refractivity contribution in [2.75, 3.05) is 11.1 Å². The molecule has 0 spiro atoms. The summed E-state index contributed by atoms with van der Waals surface area (Å²) in [6.07, 6.45) is 0. The van der Waals surface area contributed by atoms with Gasteiger partial charge in [0.1, 0.15) is 11.3 Å². The van der Waals surface area contributed by atoms with Crippen molar-refractivity contribution < 1.29 is 19.8 Å². The van der Waals surface area contributed by atoms with Gasteiger partial charge < -0.3 is 21.3 Å². The number of anilines is 2. The smallest absolute Gasteiger partial charge is 0.339 e. The normalized spacial score (nSPS) is 9.67. The molecule has 0 fully saturated rings. The highest BCUT2D eigenvalue weighted by Gasteiger charge is 2.13. The van der Waals surface area contributed by atoms with Crippen LogP contribution in [0, 0.1) is 0 Å². The highest BCUT2D eigenvalue weighted by Crippen LogP contribution is 2.28. The fourth-order valence-electron chi connectivity index (χ4n) is 1.07. The van der Waals surface area contributed by atoms with E-state index in [-0.39, 0.29) is 22.8 Å². The van der Waals surface area contributed by atoms with Gasteiger partial charge in [-0.1, -0.05) is 0 Å². The Morgan fingerprint density at radius 3 is 2.47 bits per heavy atom. The zero-order valence-electron chi connectivity index (χ0n) is 7.94. The molecular formula is C9H10N2O4. The van der Waals surface area contributed by atoms with Crippen LogP contribution in [0.25, 0.3) is 0 Å². The molecular weight excluding hydrogens is 200 g/mol. The molecule has 0 aliphatic carbocycles. The van der Waals surface area contributed by atoms with Gasteiger partial charge in [-0.2, -0.15) is 0 Å². The number of hydrogen-bond acceptors (Lipinski definition) is 4. The number of benzene rings is 1. The van der Waals surface area contributed by atoms with Crippen molar-refractivity contribution in [2.45, 2.75) is 6.92 Å². The number of hydrogen-bond donors (Lipinski definition) is 4. The molecule has 6 heteroatoms. The number of carboxylic acids is 1. The molecule has 0 unspecified atom stereocenters. The average molecular weight is 210 g/mol. The monoisotopic (exact) mass is 210 g/mol. The Labute approximate surface area is 85.3 Å². The van der Waals surface area contributed by atoms with Gasteiger partial charge >= 0.3 is 5.97 Å². The molecule has 1 aromatic rings. The third kappa shape index (κ3) is 2.37. The third-order valence-corrected chi connectivity index (χ3v) is 1.71. The fraction of sp³-hybridized carbons (Fsp3) is 0.111. The molecule has 1 rings (SSSR count). The maximum atomic E-state index is 10.7. The van der Waals surface area contributed by atoms with Crippen molar-refractivity contribution in [2.24, 2.45) is 0 Å². The summed E-state index contributed by atoms with van der Waals surface area (Å²) < 4.78 is 0. The molecule has 0 bridgehead atoms. The van der Waals surface area contributed by atoms with E-state index in [1.54, 1.807) is 0 Å². The van der Waals surface area contributed by atoms with Crippen molar-refractivity contribution in [1.82, 2.24) is 0 Å². The SMILES string of the molecule is CC(=O)Nc1cc(O)c(C(=O)O)cc1N. The lowest BCUT2D eigenvalue weighted by Gasteiger charge is -2.08. The van der Waals surface area contributed by atoms with Gasteiger partial charge in [0.05, 0.1) is 11.4 Å². The first-order valence-corrected chi connectivity index (χ1v) is 4.05. The first kappa shape index (κ1) is 10.8. The van der Waals surface area contributed by atoms with Crippen LogP contribution < -0.4 is 11.1 Å². The second-order valence-electron chi connectivity index (χ2n) is 2.94. The van der Waals surface area contributed by atoms with Gasteiger partial charge in [0.2, 0.25) is 5.91 Å². The first-order chi connectivity index (χ1) is 6.91. The summed E-state index contributed by atoms with van der Waals surface area (Å²) in [6, 6.07) is 2.18. The van der Waals surface area contributed by atoms with Crippen LogP contribution in [0.15, 0.2) is 12.1 Å². The number of nitrogen functional groups attached to an aromatic ring is 1. The largest absolute Gasteiger partial charge is 0.507 e. The van der Waals surface area contributed by atoms with Gasteiger partial charge in [-0.05, 0) is 6.07 Å². The van der Waals surface area contributed by atoms with E-state index < -0.39 is 11.7 Å². The van der Waals surface area contributed by atoms with E-state index in [4.69, 9.17) is 10.8 Å². The number of aromatic hydroxyl groups is 1. The van der Waals surface area contributed by atoms with Crippen molar-refractivity contribution in [1.29, 1.82) is 0 Å². The Bertz CT molecular complexity index is 428. The zero-order valence-corrected chi connectivity index (χ0v) is 7.94. The molecule has 15 heavy (non-hydrogen) atoms.